The van der Waals surface area contributed by atoms with E-state index < -0.39 is 0 Å². The fourth-order valence-electron chi connectivity index (χ4n) is 3.32. The monoisotopic (exact) mass is 187 g/mol. The maximum Gasteiger partial charge on any atom is 0.0262 e. The van der Waals surface area contributed by atoms with Gasteiger partial charge in [-0.3, -0.25) is 0 Å². The van der Waals surface area contributed by atoms with Gasteiger partial charge in [0, 0.05) is 11.0 Å². The fourth-order valence-corrected chi connectivity index (χ4v) is 3.32. The van der Waals surface area contributed by atoms with Crippen LogP contribution in [0.1, 0.15) is 37.7 Å². The van der Waals surface area contributed by atoms with E-state index in [9.17, 15) is 0 Å². The van der Waals surface area contributed by atoms with Crippen molar-refractivity contribution < 1.29 is 0 Å². The molecule has 2 fully saturated rings. The van der Waals surface area contributed by atoms with Gasteiger partial charge in [0.15, 0.2) is 0 Å². The summed E-state index contributed by atoms with van der Waals surface area (Å²) in [6, 6.07) is 10.9. The minimum Gasteiger partial charge on any atom is -0.324 e. The largest absolute Gasteiger partial charge is 0.324 e. The lowest BCUT2D eigenvalue weighted by molar-refractivity contribution is 0.384. The molecule has 74 valence electrons. The second kappa shape index (κ2) is 2.60. The Morgan fingerprint density at radius 2 is 1.71 bits per heavy atom. The van der Waals surface area contributed by atoms with E-state index in [4.69, 9.17) is 5.73 Å². The molecule has 1 aromatic rings. The molecule has 0 unspecified atom stereocenters. The zero-order valence-corrected chi connectivity index (χ0v) is 8.50. The Morgan fingerprint density at radius 3 is 2.43 bits per heavy atom. The summed E-state index contributed by atoms with van der Waals surface area (Å²) in [7, 11) is 0. The van der Waals surface area contributed by atoms with Gasteiger partial charge in [0.2, 0.25) is 0 Å². The van der Waals surface area contributed by atoms with Gasteiger partial charge in [-0.05, 0) is 24.8 Å². The Kier molecular flexibility index (Phi) is 1.58. The van der Waals surface area contributed by atoms with Crippen LogP contribution in [0.25, 0.3) is 0 Å². The Hall–Kier alpha value is -0.820. The first-order valence-electron chi connectivity index (χ1n) is 5.61. The molecule has 0 spiro atoms. The van der Waals surface area contributed by atoms with E-state index in [-0.39, 0.29) is 5.54 Å². The van der Waals surface area contributed by atoms with Crippen LogP contribution in [0.2, 0.25) is 0 Å². The minimum absolute atomic E-state index is 0.145. The third-order valence-electron chi connectivity index (χ3n) is 4.25. The van der Waals surface area contributed by atoms with Crippen molar-refractivity contribution in [2.24, 2.45) is 5.73 Å². The topological polar surface area (TPSA) is 26.0 Å². The highest BCUT2D eigenvalue weighted by Gasteiger charge is 2.65. The summed E-state index contributed by atoms with van der Waals surface area (Å²) in [6.07, 6.45) is 6.42. The maximum atomic E-state index is 6.42. The van der Waals surface area contributed by atoms with Gasteiger partial charge in [-0.1, -0.05) is 43.2 Å². The predicted molar refractivity (Wildman–Crippen MR) is 58.1 cm³/mol. The molecule has 1 nitrogen and oxygen atoms in total. The Labute approximate surface area is 85.3 Å². The molecule has 1 aromatic carbocycles. The van der Waals surface area contributed by atoms with E-state index in [1.165, 1.54) is 37.7 Å². The lowest BCUT2D eigenvalue weighted by Crippen LogP contribution is -2.35. The summed E-state index contributed by atoms with van der Waals surface area (Å²) in [5.41, 5.74) is 8.39. The molecule has 0 saturated heterocycles. The molecule has 14 heavy (non-hydrogen) atoms. The zero-order chi connectivity index (χ0) is 9.65. The van der Waals surface area contributed by atoms with E-state index in [1.807, 2.05) is 0 Å². The van der Waals surface area contributed by atoms with Gasteiger partial charge in [0.05, 0.1) is 0 Å². The van der Waals surface area contributed by atoms with Crippen LogP contribution in [0, 0.1) is 0 Å². The molecule has 2 atom stereocenters. The lowest BCUT2D eigenvalue weighted by atomic mass is 9.80. The molecule has 0 radical (unpaired) electrons. The lowest BCUT2D eigenvalue weighted by Gasteiger charge is -2.28. The van der Waals surface area contributed by atoms with Crippen molar-refractivity contribution >= 4 is 0 Å². The molecule has 0 aliphatic heterocycles. The Balaban J connectivity index is 1.99. The Bertz CT molecular complexity index is 342. The summed E-state index contributed by atoms with van der Waals surface area (Å²) in [5.74, 6) is 0. The van der Waals surface area contributed by atoms with E-state index in [0.29, 0.717) is 5.41 Å². The third-order valence-corrected chi connectivity index (χ3v) is 4.25. The second-order valence-corrected chi connectivity index (χ2v) is 4.99. The van der Waals surface area contributed by atoms with Gasteiger partial charge < -0.3 is 5.73 Å². The van der Waals surface area contributed by atoms with Crippen LogP contribution in [-0.4, -0.2) is 5.54 Å². The number of hydrogen-bond acceptors (Lipinski definition) is 1. The van der Waals surface area contributed by atoms with Crippen molar-refractivity contribution in [2.75, 3.05) is 0 Å². The molecule has 0 amide bonds. The van der Waals surface area contributed by atoms with Gasteiger partial charge >= 0.3 is 0 Å². The van der Waals surface area contributed by atoms with Crippen LogP contribution >= 0.6 is 0 Å². The van der Waals surface area contributed by atoms with Crippen molar-refractivity contribution in [3.8, 4) is 0 Å². The van der Waals surface area contributed by atoms with E-state index in [1.54, 1.807) is 0 Å². The fraction of sp³-hybridized carbons (Fsp3) is 0.538. The average Bonchev–Trinajstić information content (AvgIpc) is 2.87. The average molecular weight is 187 g/mol. The van der Waals surface area contributed by atoms with Crippen LogP contribution in [0.3, 0.4) is 0 Å². The molecule has 3 rings (SSSR count). The molecule has 2 saturated carbocycles. The minimum atomic E-state index is 0.145. The van der Waals surface area contributed by atoms with Gasteiger partial charge in [-0.25, -0.2) is 0 Å². The SMILES string of the molecule is N[C@@]12CCCC[C@]1(c1ccccc1)C2. The normalized spacial score (nSPS) is 40.4. The molecular weight excluding hydrogens is 170 g/mol. The van der Waals surface area contributed by atoms with Crippen molar-refractivity contribution in [1.82, 2.24) is 0 Å². The quantitative estimate of drug-likeness (QED) is 0.718. The van der Waals surface area contributed by atoms with Crippen molar-refractivity contribution in [3.63, 3.8) is 0 Å². The first-order valence-corrected chi connectivity index (χ1v) is 5.61. The first-order chi connectivity index (χ1) is 6.77. The standard InChI is InChI=1S/C13H17N/c14-13-9-5-4-8-12(13,10-13)11-6-2-1-3-7-11/h1-3,6-7H,4-5,8-10,14H2/t12-,13-/m1/s1. The molecule has 0 bridgehead atoms. The van der Waals surface area contributed by atoms with E-state index in [0.717, 1.165) is 0 Å². The Morgan fingerprint density at radius 1 is 1.00 bits per heavy atom. The smallest absolute Gasteiger partial charge is 0.0262 e. The molecule has 0 aromatic heterocycles. The predicted octanol–water partition coefficient (Wildman–Crippen LogP) is 2.60. The summed E-state index contributed by atoms with van der Waals surface area (Å²) >= 11 is 0. The first kappa shape index (κ1) is 8.49. The molecule has 1 heteroatoms. The van der Waals surface area contributed by atoms with E-state index >= 15 is 0 Å². The highest BCUT2D eigenvalue weighted by Crippen LogP contribution is 2.63. The highest BCUT2D eigenvalue weighted by atomic mass is 14.9. The zero-order valence-electron chi connectivity index (χ0n) is 8.50. The van der Waals surface area contributed by atoms with Gasteiger partial charge in [0.1, 0.15) is 0 Å². The van der Waals surface area contributed by atoms with Crippen LogP contribution in [0.5, 0.6) is 0 Å². The molecule has 2 N–H and O–H groups in total. The summed E-state index contributed by atoms with van der Waals surface area (Å²) < 4.78 is 0. The van der Waals surface area contributed by atoms with Crippen LogP contribution in [0.4, 0.5) is 0 Å². The van der Waals surface area contributed by atoms with Crippen molar-refractivity contribution in [1.29, 1.82) is 0 Å². The summed E-state index contributed by atoms with van der Waals surface area (Å²) in [5, 5.41) is 0. The van der Waals surface area contributed by atoms with Crippen LogP contribution in [0.15, 0.2) is 30.3 Å². The molecule has 2 aliphatic carbocycles. The third kappa shape index (κ3) is 0.936. The van der Waals surface area contributed by atoms with Crippen LogP contribution < -0.4 is 5.73 Å². The number of nitrogens with two attached hydrogens (primary N) is 1. The van der Waals surface area contributed by atoms with Crippen LogP contribution in [-0.2, 0) is 5.41 Å². The summed E-state index contributed by atoms with van der Waals surface area (Å²) in [4.78, 5) is 0. The summed E-state index contributed by atoms with van der Waals surface area (Å²) in [6.45, 7) is 0. The van der Waals surface area contributed by atoms with E-state index in [2.05, 4.69) is 30.3 Å². The molecule has 0 heterocycles. The molecule has 2 aliphatic rings. The highest BCUT2D eigenvalue weighted by molar-refractivity contribution is 5.42. The number of hydrogen-bond donors (Lipinski definition) is 1. The van der Waals surface area contributed by atoms with Gasteiger partial charge in [-0.15, -0.1) is 0 Å². The number of rotatable bonds is 1. The van der Waals surface area contributed by atoms with Crippen molar-refractivity contribution in [3.05, 3.63) is 35.9 Å². The molecular formula is C13H17N. The number of fused-ring (bicyclic) bond motifs is 1. The van der Waals surface area contributed by atoms with Gasteiger partial charge in [0.25, 0.3) is 0 Å². The van der Waals surface area contributed by atoms with Gasteiger partial charge in [-0.2, -0.15) is 0 Å². The maximum absolute atomic E-state index is 6.42. The second-order valence-electron chi connectivity index (χ2n) is 4.99. The van der Waals surface area contributed by atoms with Crippen molar-refractivity contribution in [2.45, 2.75) is 43.1 Å². The number of benzene rings is 1.